The number of hydrogen-bond donors (Lipinski definition) is 0. The van der Waals surface area contributed by atoms with E-state index in [-0.39, 0.29) is 0 Å². The van der Waals surface area contributed by atoms with Gasteiger partial charge in [0.25, 0.3) is 0 Å². The molecule has 0 unspecified atom stereocenters. The van der Waals surface area contributed by atoms with E-state index >= 15 is 0 Å². The predicted molar refractivity (Wildman–Crippen MR) is 106 cm³/mol. The van der Waals surface area contributed by atoms with E-state index in [1.54, 1.807) is 0 Å². The van der Waals surface area contributed by atoms with Gasteiger partial charge in [-0.3, -0.25) is 0 Å². The van der Waals surface area contributed by atoms with Crippen LogP contribution in [0, 0.1) is 0 Å². The minimum absolute atomic E-state index is 0.664. The quantitative estimate of drug-likeness (QED) is 0.241. The molecule has 0 bridgehead atoms. The van der Waals surface area contributed by atoms with Gasteiger partial charge in [0, 0.05) is 13.2 Å². The molecule has 0 aliphatic carbocycles. The van der Waals surface area contributed by atoms with E-state index in [9.17, 15) is 0 Å². The van der Waals surface area contributed by atoms with Crippen molar-refractivity contribution in [3.63, 3.8) is 0 Å². The van der Waals surface area contributed by atoms with Crippen LogP contribution < -0.4 is 0 Å². The Kier molecular flexibility index (Phi) is 27.1. The zero-order valence-electron chi connectivity index (χ0n) is 16.1. The molecule has 0 atom stereocenters. The lowest BCUT2D eigenvalue weighted by Gasteiger charge is -1.97. The van der Waals surface area contributed by atoms with Gasteiger partial charge < -0.3 is 9.47 Å². The maximum Gasteiger partial charge on any atom is 0.0721 e. The molecule has 0 aromatic carbocycles. The first kappa shape index (κ1) is 24.7. The van der Waals surface area contributed by atoms with Crippen molar-refractivity contribution in [2.75, 3.05) is 26.4 Å². The smallest absolute Gasteiger partial charge is 0.0721 e. The van der Waals surface area contributed by atoms with Crippen molar-refractivity contribution < 1.29 is 9.47 Å². The monoisotopic (exact) mass is 332 g/mol. The summed E-state index contributed by atoms with van der Waals surface area (Å²) in [6, 6.07) is 0. The molecule has 0 aromatic rings. The molecule has 0 saturated heterocycles. The van der Waals surface area contributed by atoms with Gasteiger partial charge in [0.1, 0.15) is 0 Å². The topological polar surface area (TPSA) is 18.5 Å². The third-order valence-corrected chi connectivity index (χ3v) is 2.75. The van der Waals surface area contributed by atoms with Gasteiger partial charge in [0.15, 0.2) is 0 Å². The Hall–Kier alpha value is -1.56. The van der Waals surface area contributed by atoms with E-state index in [1.165, 1.54) is 0 Å². The second-order valence-electron chi connectivity index (χ2n) is 4.89. The van der Waals surface area contributed by atoms with Crippen LogP contribution in [0.3, 0.4) is 0 Å². The number of allylic oxidation sites excluding steroid dienone is 4. The molecule has 0 heterocycles. The van der Waals surface area contributed by atoms with Gasteiger partial charge in [-0.15, -0.1) is 11.5 Å². The van der Waals surface area contributed by atoms with Crippen molar-refractivity contribution in [1.29, 1.82) is 0 Å². The number of unbranched alkanes of at least 4 members (excludes halogenated alkanes) is 2. The number of ether oxygens (including phenoxy) is 2. The highest BCUT2D eigenvalue weighted by Crippen LogP contribution is 1.92. The highest BCUT2D eigenvalue weighted by Gasteiger charge is 1.83. The van der Waals surface area contributed by atoms with E-state index in [1.807, 2.05) is 64.2 Å². The molecule has 0 amide bonds. The van der Waals surface area contributed by atoms with Crippen LogP contribution in [0.25, 0.3) is 0 Å². The second kappa shape index (κ2) is 26.3. The number of hydrogen-bond acceptors (Lipinski definition) is 2. The van der Waals surface area contributed by atoms with Gasteiger partial charge in [-0.25, -0.2) is 0 Å². The molecule has 0 spiro atoms. The Morgan fingerprint density at radius 3 is 1.88 bits per heavy atom. The molecular weight excluding hydrogens is 296 g/mol. The molecule has 2 nitrogen and oxygen atoms in total. The summed E-state index contributed by atoms with van der Waals surface area (Å²) < 4.78 is 10.6. The molecule has 0 radical (unpaired) electrons. The normalized spacial score (nSPS) is 9.83. The largest absolute Gasteiger partial charge is 0.377 e. The summed E-state index contributed by atoms with van der Waals surface area (Å²) in [4.78, 5) is 0. The van der Waals surface area contributed by atoms with Crippen LogP contribution in [-0.4, -0.2) is 26.4 Å². The number of rotatable bonds is 12. The summed E-state index contributed by atoms with van der Waals surface area (Å²) in [5.74, 6) is 0. The van der Waals surface area contributed by atoms with Crippen molar-refractivity contribution in [2.24, 2.45) is 0 Å². The van der Waals surface area contributed by atoms with Gasteiger partial charge in [0.05, 0.1) is 13.2 Å². The van der Waals surface area contributed by atoms with Gasteiger partial charge in [-0.05, 0) is 77.7 Å². The fourth-order valence-corrected chi connectivity index (χ4v) is 1.51. The Balaban J connectivity index is 0. The van der Waals surface area contributed by atoms with Crippen molar-refractivity contribution >= 4 is 0 Å². The van der Waals surface area contributed by atoms with Crippen molar-refractivity contribution in [3.05, 3.63) is 60.1 Å². The highest BCUT2D eigenvalue weighted by atomic mass is 16.5. The van der Waals surface area contributed by atoms with E-state index < -0.39 is 0 Å². The van der Waals surface area contributed by atoms with Crippen molar-refractivity contribution in [2.45, 2.75) is 53.4 Å². The molecule has 2 heteroatoms. The molecule has 0 aliphatic heterocycles. The maximum atomic E-state index is 5.32. The molecule has 136 valence electrons. The Morgan fingerprint density at radius 1 is 0.667 bits per heavy atom. The van der Waals surface area contributed by atoms with Gasteiger partial charge in [-0.1, -0.05) is 24.3 Å². The van der Waals surface area contributed by atoms with Crippen LogP contribution in [0.5, 0.6) is 0 Å². The summed E-state index contributed by atoms with van der Waals surface area (Å²) in [5, 5.41) is 0. The highest BCUT2D eigenvalue weighted by molar-refractivity contribution is 4.82. The van der Waals surface area contributed by atoms with E-state index in [0.29, 0.717) is 6.61 Å². The van der Waals surface area contributed by atoms with E-state index in [2.05, 4.69) is 23.6 Å². The molecule has 0 rings (SSSR count). The average molecular weight is 333 g/mol. The Labute approximate surface area is 149 Å². The van der Waals surface area contributed by atoms with Gasteiger partial charge >= 0.3 is 0 Å². The molecule has 0 N–H and O–H groups in total. The van der Waals surface area contributed by atoms with Crippen LogP contribution in [0.15, 0.2) is 60.1 Å². The first-order chi connectivity index (χ1) is 11.8. The second-order valence-corrected chi connectivity index (χ2v) is 4.89. The summed E-state index contributed by atoms with van der Waals surface area (Å²) in [7, 11) is 0. The first-order valence-electron chi connectivity index (χ1n) is 8.92. The third kappa shape index (κ3) is 28.6. The predicted octanol–water partition coefficient (Wildman–Crippen LogP) is 6.18. The maximum absolute atomic E-state index is 5.32. The van der Waals surface area contributed by atoms with Gasteiger partial charge in [-0.2, -0.15) is 0 Å². The zero-order chi connectivity index (χ0) is 18.1. The molecular formula is C22H36O2. The molecule has 0 aliphatic rings. The lowest BCUT2D eigenvalue weighted by Crippen LogP contribution is -1.92. The SMILES string of the molecule is CC=C=CCCCOCC=C=CC.CC=CCCCOCC=CC. The summed E-state index contributed by atoms with van der Waals surface area (Å²) in [6.07, 6.45) is 20.3. The van der Waals surface area contributed by atoms with E-state index in [4.69, 9.17) is 9.47 Å². The average Bonchev–Trinajstić information content (AvgIpc) is 2.60. The van der Waals surface area contributed by atoms with Crippen molar-refractivity contribution in [1.82, 2.24) is 0 Å². The fourth-order valence-electron chi connectivity index (χ4n) is 1.51. The minimum atomic E-state index is 0.664. The summed E-state index contributed by atoms with van der Waals surface area (Å²) in [5.41, 5.74) is 5.99. The molecule has 24 heavy (non-hydrogen) atoms. The summed E-state index contributed by atoms with van der Waals surface area (Å²) in [6.45, 7) is 11.1. The molecule has 0 saturated carbocycles. The van der Waals surface area contributed by atoms with Crippen molar-refractivity contribution in [3.8, 4) is 0 Å². The van der Waals surface area contributed by atoms with Crippen LogP contribution >= 0.6 is 0 Å². The van der Waals surface area contributed by atoms with Crippen LogP contribution in [0.4, 0.5) is 0 Å². The zero-order valence-corrected chi connectivity index (χ0v) is 16.1. The summed E-state index contributed by atoms with van der Waals surface area (Å²) >= 11 is 0. The fraction of sp³-hybridized carbons (Fsp3) is 0.545. The van der Waals surface area contributed by atoms with Gasteiger partial charge in [0.2, 0.25) is 0 Å². The van der Waals surface area contributed by atoms with E-state index in [0.717, 1.165) is 45.5 Å². The van der Waals surface area contributed by atoms with Crippen LogP contribution in [0.2, 0.25) is 0 Å². The van der Waals surface area contributed by atoms with Crippen LogP contribution in [0.1, 0.15) is 53.4 Å². The first-order valence-corrected chi connectivity index (χ1v) is 8.92. The Morgan fingerprint density at radius 2 is 1.25 bits per heavy atom. The standard InChI is InChI=1S/C12H18O.C10H18O/c1-3-5-7-8-10-12-13-11-9-6-4-2;1-3-5-7-8-10-11-9-6-4-2/h3-4,7,9H,8,10-12H2,1-2H3;3-6H,7-10H2,1-2H3. The lowest BCUT2D eigenvalue weighted by atomic mass is 10.3. The minimum Gasteiger partial charge on any atom is -0.377 e. The van der Waals surface area contributed by atoms with Crippen LogP contribution in [-0.2, 0) is 9.47 Å². The third-order valence-electron chi connectivity index (χ3n) is 2.75. The molecule has 0 fully saturated rings. The Bertz CT molecular complexity index is 366. The lowest BCUT2D eigenvalue weighted by molar-refractivity contribution is 0.160. The molecule has 0 aromatic heterocycles.